The maximum atomic E-state index is 11.3. The smallest absolute Gasteiger partial charge is 0.306 e. The summed E-state index contributed by atoms with van der Waals surface area (Å²) in [4.78, 5) is 11.3. The van der Waals surface area contributed by atoms with Crippen LogP contribution in [-0.2, 0) is 9.53 Å². The second-order valence-electron chi connectivity index (χ2n) is 4.30. The Balaban J connectivity index is 4.00. The quantitative estimate of drug-likeness (QED) is 0.548. The molecule has 0 aromatic rings. The number of aliphatic hydroxyl groups excluding tert-OH is 1. The van der Waals surface area contributed by atoms with Gasteiger partial charge in [0.15, 0.2) is 0 Å². The van der Waals surface area contributed by atoms with Gasteiger partial charge in [-0.15, -0.1) is 0 Å². The Bertz CT molecular complexity index is 217. The Kier molecular flexibility index (Phi) is 4.68. The third-order valence-corrected chi connectivity index (χ3v) is 2.38. The second-order valence-corrected chi connectivity index (χ2v) is 4.30. The number of rotatable bonds is 5. The summed E-state index contributed by atoms with van der Waals surface area (Å²) in [6, 6.07) is 0. The minimum absolute atomic E-state index is 0.0179. The molecule has 0 heterocycles. The van der Waals surface area contributed by atoms with E-state index in [1.165, 1.54) is 0 Å². The summed E-state index contributed by atoms with van der Waals surface area (Å²) in [6.45, 7) is 11.1. The molecule has 0 aliphatic heterocycles. The third-order valence-electron chi connectivity index (χ3n) is 2.38. The van der Waals surface area contributed by atoms with Gasteiger partial charge in [0.2, 0.25) is 0 Å². The molecule has 0 aliphatic rings. The molecule has 0 fully saturated rings. The highest BCUT2D eigenvalue weighted by molar-refractivity contribution is 5.70. The van der Waals surface area contributed by atoms with Crippen LogP contribution in [0.4, 0.5) is 0 Å². The topological polar surface area (TPSA) is 46.5 Å². The first-order valence-corrected chi connectivity index (χ1v) is 4.84. The Morgan fingerprint density at radius 1 is 1.43 bits per heavy atom. The fraction of sp³-hybridized carbons (Fsp3) is 0.727. The van der Waals surface area contributed by atoms with E-state index in [1.54, 1.807) is 0 Å². The van der Waals surface area contributed by atoms with Gasteiger partial charge in [0.05, 0.1) is 12.2 Å². The summed E-state index contributed by atoms with van der Waals surface area (Å²) < 4.78 is 5.26. The van der Waals surface area contributed by atoms with Gasteiger partial charge in [0.25, 0.3) is 0 Å². The van der Waals surface area contributed by atoms with Crippen molar-refractivity contribution < 1.29 is 14.6 Å². The Labute approximate surface area is 85.8 Å². The van der Waals surface area contributed by atoms with E-state index in [9.17, 15) is 4.79 Å². The lowest BCUT2D eigenvalue weighted by Gasteiger charge is -2.29. The molecule has 0 aliphatic carbocycles. The van der Waals surface area contributed by atoms with E-state index in [-0.39, 0.29) is 30.5 Å². The number of carbonyl (C=O) groups excluding carboxylic acids is 1. The van der Waals surface area contributed by atoms with Crippen LogP contribution in [0.5, 0.6) is 0 Å². The van der Waals surface area contributed by atoms with Gasteiger partial charge in [-0.2, -0.15) is 0 Å². The summed E-state index contributed by atoms with van der Waals surface area (Å²) >= 11 is 0. The molecule has 0 aromatic heterocycles. The first-order valence-electron chi connectivity index (χ1n) is 4.84. The first kappa shape index (κ1) is 13.0. The molecule has 0 unspecified atom stereocenters. The van der Waals surface area contributed by atoms with Crippen LogP contribution in [0.2, 0.25) is 0 Å². The van der Waals surface area contributed by atoms with Crippen molar-refractivity contribution in [1.82, 2.24) is 0 Å². The van der Waals surface area contributed by atoms with Crippen LogP contribution in [-0.4, -0.2) is 16.7 Å². The molecule has 0 rings (SSSR count). The van der Waals surface area contributed by atoms with Gasteiger partial charge in [-0.1, -0.05) is 20.4 Å². The van der Waals surface area contributed by atoms with Crippen molar-refractivity contribution in [3.05, 3.63) is 12.3 Å². The average Bonchev–Trinajstić information content (AvgIpc) is 1.99. The van der Waals surface area contributed by atoms with Crippen LogP contribution in [0.15, 0.2) is 12.3 Å². The normalized spacial score (nSPS) is 11.5. The fourth-order valence-electron chi connectivity index (χ4n) is 0.709. The van der Waals surface area contributed by atoms with Crippen molar-refractivity contribution in [2.24, 2.45) is 5.92 Å². The highest BCUT2D eigenvalue weighted by Crippen LogP contribution is 2.21. The summed E-state index contributed by atoms with van der Waals surface area (Å²) in [5.41, 5.74) is -0.451. The molecule has 0 bridgehead atoms. The molecule has 3 nitrogen and oxygen atoms in total. The lowest BCUT2D eigenvalue weighted by atomic mass is 9.95. The predicted octanol–water partition coefficient (Wildman–Crippen LogP) is 2.82. The summed E-state index contributed by atoms with van der Waals surface area (Å²) in [6.07, 6.45) is 0.457. The van der Waals surface area contributed by atoms with Gasteiger partial charge in [-0.3, -0.25) is 4.79 Å². The predicted molar refractivity (Wildman–Crippen MR) is 56.0 cm³/mol. The molecular weight excluding hydrogens is 180 g/mol. The van der Waals surface area contributed by atoms with E-state index >= 15 is 0 Å². The van der Waals surface area contributed by atoms with Gasteiger partial charge >= 0.3 is 5.97 Å². The molecule has 0 radical (unpaired) electrons. The summed E-state index contributed by atoms with van der Waals surface area (Å²) in [5, 5.41) is 8.81. The summed E-state index contributed by atoms with van der Waals surface area (Å²) in [5.74, 6) is -0.00742. The van der Waals surface area contributed by atoms with Crippen LogP contribution in [0.1, 0.15) is 40.5 Å². The van der Waals surface area contributed by atoms with E-state index in [4.69, 9.17) is 9.84 Å². The number of aliphatic hydroxyl groups is 1. The second kappa shape index (κ2) is 5.03. The molecule has 0 spiro atoms. The van der Waals surface area contributed by atoms with Crippen LogP contribution in [0.25, 0.3) is 0 Å². The van der Waals surface area contributed by atoms with Crippen LogP contribution < -0.4 is 0 Å². The molecule has 0 saturated heterocycles. The molecule has 0 amide bonds. The number of carbonyl (C=O) groups is 1. The lowest BCUT2D eigenvalue weighted by molar-refractivity contribution is -0.160. The zero-order valence-corrected chi connectivity index (χ0v) is 9.46. The van der Waals surface area contributed by atoms with Crippen LogP contribution in [0, 0.1) is 5.92 Å². The van der Waals surface area contributed by atoms with Crippen molar-refractivity contribution in [1.29, 1.82) is 0 Å². The number of allylic oxidation sites excluding steroid dienone is 1. The molecule has 82 valence electrons. The maximum Gasteiger partial charge on any atom is 0.306 e. The Hall–Kier alpha value is -0.990. The monoisotopic (exact) mass is 200 g/mol. The number of esters is 1. The van der Waals surface area contributed by atoms with Crippen molar-refractivity contribution >= 4 is 5.97 Å². The van der Waals surface area contributed by atoms with Crippen LogP contribution >= 0.6 is 0 Å². The third kappa shape index (κ3) is 4.90. The minimum Gasteiger partial charge on any atom is -0.513 e. The Morgan fingerprint density at radius 3 is 2.29 bits per heavy atom. The van der Waals surface area contributed by atoms with E-state index in [0.29, 0.717) is 0 Å². The van der Waals surface area contributed by atoms with Crippen molar-refractivity contribution in [3.8, 4) is 0 Å². The Morgan fingerprint density at radius 2 is 1.93 bits per heavy atom. The molecule has 0 atom stereocenters. The lowest BCUT2D eigenvalue weighted by Crippen LogP contribution is -2.33. The zero-order chi connectivity index (χ0) is 11.4. The molecule has 1 N–H and O–H groups in total. The van der Waals surface area contributed by atoms with Gasteiger partial charge in [0, 0.05) is 6.42 Å². The fourth-order valence-corrected chi connectivity index (χ4v) is 0.709. The van der Waals surface area contributed by atoms with E-state index in [1.807, 2.05) is 27.7 Å². The van der Waals surface area contributed by atoms with Crippen LogP contribution in [0.3, 0.4) is 0 Å². The standard InChI is InChI=1S/C11H20O3/c1-8(2)11(4,5)14-10(13)7-6-9(3)12/h8,12H,3,6-7H2,1-2,4-5H3. The SMILES string of the molecule is C=C(O)CCC(=O)OC(C)(C)C(C)C. The molecule has 14 heavy (non-hydrogen) atoms. The number of ether oxygens (including phenoxy) is 1. The van der Waals surface area contributed by atoms with Gasteiger partial charge in [-0.05, 0) is 19.8 Å². The minimum atomic E-state index is -0.451. The average molecular weight is 200 g/mol. The molecular formula is C11H20O3. The zero-order valence-electron chi connectivity index (χ0n) is 9.46. The highest BCUT2D eigenvalue weighted by atomic mass is 16.6. The summed E-state index contributed by atoms with van der Waals surface area (Å²) in [7, 11) is 0. The van der Waals surface area contributed by atoms with Crippen molar-refractivity contribution in [2.75, 3.05) is 0 Å². The first-order chi connectivity index (χ1) is 6.25. The molecule has 3 heteroatoms. The molecule has 0 saturated carbocycles. The number of hydrogen-bond acceptors (Lipinski definition) is 3. The van der Waals surface area contributed by atoms with E-state index in [2.05, 4.69) is 6.58 Å². The van der Waals surface area contributed by atoms with Crippen molar-refractivity contribution in [3.63, 3.8) is 0 Å². The van der Waals surface area contributed by atoms with Crippen molar-refractivity contribution in [2.45, 2.75) is 46.1 Å². The largest absolute Gasteiger partial charge is 0.513 e. The van der Waals surface area contributed by atoms with E-state index < -0.39 is 5.60 Å². The van der Waals surface area contributed by atoms with Gasteiger partial charge in [-0.25, -0.2) is 0 Å². The van der Waals surface area contributed by atoms with Gasteiger partial charge in [0.1, 0.15) is 5.60 Å². The highest BCUT2D eigenvalue weighted by Gasteiger charge is 2.26. The maximum absolute atomic E-state index is 11.3. The number of hydrogen-bond donors (Lipinski definition) is 1. The van der Waals surface area contributed by atoms with E-state index in [0.717, 1.165) is 0 Å². The molecule has 0 aromatic carbocycles. The van der Waals surface area contributed by atoms with Gasteiger partial charge < -0.3 is 9.84 Å².